The van der Waals surface area contributed by atoms with Gasteiger partial charge in [0, 0.05) is 30.7 Å². The fourth-order valence-electron chi connectivity index (χ4n) is 4.15. The van der Waals surface area contributed by atoms with Gasteiger partial charge in [0.05, 0.1) is 18.8 Å². The summed E-state index contributed by atoms with van der Waals surface area (Å²) >= 11 is 6.48. The molecule has 1 aliphatic rings. The number of halogens is 1. The number of aliphatic hydroxyl groups excluding tert-OH is 2. The zero-order chi connectivity index (χ0) is 23.3. The molecule has 178 valence electrons. The molecule has 5 nitrogen and oxygen atoms in total. The van der Waals surface area contributed by atoms with Gasteiger partial charge in [0.15, 0.2) is 0 Å². The summed E-state index contributed by atoms with van der Waals surface area (Å²) in [6.45, 7) is 3.39. The van der Waals surface area contributed by atoms with Gasteiger partial charge >= 0.3 is 5.97 Å². The lowest BCUT2D eigenvalue weighted by Crippen LogP contribution is -2.19. The third-order valence-electron chi connectivity index (χ3n) is 5.82. The number of aliphatic hydroxyl groups is 2. The third kappa shape index (κ3) is 9.45. The molecule has 2 rings (SSSR count). The summed E-state index contributed by atoms with van der Waals surface area (Å²) in [6, 6.07) is 8.06. The Morgan fingerprint density at radius 3 is 2.84 bits per heavy atom. The predicted molar refractivity (Wildman–Crippen MR) is 128 cm³/mol. The number of rotatable bonds is 14. The highest BCUT2D eigenvalue weighted by Crippen LogP contribution is 2.39. The van der Waals surface area contributed by atoms with E-state index in [0.717, 1.165) is 37.0 Å². The number of unbranched alkanes of at least 4 members (excludes halogenated alkanes) is 1. The number of hydrogen-bond donors (Lipinski definition) is 3. The standard InChI is InChI=1S/C26H37ClO5/c1-2-14-32-18-20-9-7-8-19(15-20)16-21(28)12-13-23-22(24(27)17-25(23)29)10-5-3-4-6-11-26(30)31/h3,5,7-9,12-13,15,21-25,28-29H,2,4,6,10-11,14,16-18H2,1H3,(H,30,31)/t21?,22-,23-,24-,25-/m1/s1. The molecule has 1 aromatic carbocycles. The molecule has 0 spiro atoms. The van der Waals surface area contributed by atoms with Crippen LogP contribution in [0.15, 0.2) is 48.6 Å². The molecule has 0 heterocycles. The average Bonchev–Trinajstić information content (AvgIpc) is 3.01. The lowest BCUT2D eigenvalue weighted by atomic mass is 9.90. The van der Waals surface area contributed by atoms with Crippen LogP contribution in [0.5, 0.6) is 0 Å². The van der Waals surface area contributed by atoms with Crippen LogP contribution in [0, 0.1) is 11.8 Å². The Morgan fingerprint density at radius 2 is 2.09 bits per heavy atom. The molecule has 0 amide bonds. The molecule has 1 aliphatic carbocycles. The number of carboxylic acid groups (broad SMARTS) is 1. The van der Waals surface area contributed by atoms with Gasteiger partial charge in [-0.2, -0.15) is 0 Å². The molecule has 1 aromatic rings. The topological polar surface area (TPSA) is 87.0 Å². The van der Waals surface area contributed by atoms with Crippen molar-refractivity contribution < 1.29 is 24.9 Å². The van der Waals surface area contributed by atoms with Crippen molar-refractivity contribution in [1.29, 1.82) is 0 Å². The van der Waals surface area contributed by atoms with Crippen molar-refractivity contribution in [3.63, 3.8) is 0 Å². The van der Waals surface area contributed by atoms with Crippen LogP contribution in [0.25, 0.3) is 0 Å². The van der Waals surface area contributed by atoms with E-state index in [4.69, 9.17) is 21.4 Å². The Morgan fingerprint density at radius 1 is 1.31 bits per heavy atom. The number of benzene rings is 1. The normalized spacial score (nSPS) is 24.5. The number of carboxylic acids is 1. The number of ether oxygens (including phenoxy) is 1. The van der Waals surface area contributed by atoms with E-state index in [2.05, 4.69) is 13.0 Å². The van der Waals surface area contributed by atoms with E-state index < -0.39 is 18.2 Å². The van der Waals surface area contributed by atoms with E-state index in [1.54, 1.807) is 6.08 Å². The lowest BCUT2D eigenvalue weighted by Gasteiger charge is -2.19. The van der Waals surface area contributed by atoms with Gasteiger partial charge in [-0.05, 0) is 49.1 Å². The summed E-state index contributed by atoms with van der Waals surface area (Å²) in [6.07, 6.45) is 10.8. The molecule has 0 aliphatic heterocycles. The first kappa shape index (κ1) is 26.6. The van der Waals surface area contributed by atoms with Crippen molar-refractivity contribution >= 4 is 17.6 Å². The van der Waals surface area contributed by atoms with Gasteiger partial charge < -0.3 is 20.1 Å². The summed E-state index contributed by atoms with van der Waals surface area (Å²) in [7, 11) is 0. The number of carbonyl (C=O) groups is 1. The molecule has 5 atom stereocenters. The zero-order valence-corrected chi connectivity index (χ0v) is 19.7. The maximum absolute atomic E-state index is 10.6. The minimum Gasteiger partial charge on any atom is -0.481 e. The van der Waals surface area contributed by atoms with Gasteiger partial charge in [0.25, 0.3) is 0 Å². The van der Waals surface area contributed by atoms with E-state index in [9.17, 15) is 15.0 Å². The molecule has 1 unspecified atom stereocenters. The molecule has 6 heteroatoms. The van der Waals surface area contributed by atoms with Gasteiger partial charge in [-0.1, -0.05) is 55.5 Å². The zero-order valence-electron chi connectivity index (χ0n) is 18.9. The van der Waals surface area contributed by atoms with Gasteiger partial charge in [0.2, 0.25) is 0 Å². The largest absolute Gasteiger partial charge is 0.481 e. The number of alkyl halides is 1. The Balaban J connectivity index is 1.88. The van der Waals surface area contributed by atoms with Crippen molar-refractivity contribution in [3.05, 3.63) is 59.7 Å². The van der Waals surface area contributed by atoms with Gasteiger partial charge in [-0.3, -0.25) is 4.79 Å². The number of hydrogen-bond acceptors (Lipinski definition) is 4. The van der Waals surface area contributed by atoms with Crippen molar-refractivity contribution in [2.24, 2.45) is 11.8 Å². The van der Waals surface area contributed by atoms with Crippen molar-refractivity contribution in [3.8, 4) is 0 Å². The van der Waals surface area contributed by atoms with Crippen LogP contribution in [0.2, 0.25) is 0 Å². The fraction of sp³-hybridized carbons (Fsp3) is 0.577. The van der Waals surface area contributed by atoms with Crippen LogP contribution in [0.3, 0.4) is 0 Å². The van der Waals surface area contributed by atoms with Crippen LogP contribution in [0.4, 0.5) is 0 Å². The molecule has 1 fully saturated rings. The maximum atomic E-state index is 10.6. The average molecular weight is 465 g/mol. The van der Waals surface area contributed by atoms with E-state index in [-0.39, 0.29) is 23.6 Å². The Labute approximate surface area is 196 Å². The second kappa shape index (κ2) is 14.5. The molecule has 0 bridgehead atoms. The first-order chi connectivity index (χ1) is 15.4. The monoisotopic (exact) mass is 464 g/mol. The van der Waals surface area contributed by atoms with E-state index in [0.29, 0.717) is 25.9 Å². The van der Waals surface area contributed by atoms with E-state index >= 15 is 0 Å². The first-order valence-corrected chi connectivity index (χ1v) is 12.0. The second-order valence-corrected chi connectivity index (χ2v) is 9.14. The van der Waals surface area contributed by atoms with Crippen LogP contribution in [-0.2, 0) is 22.6 Å². The Hall–Kier alpha value is -1.66. The SMILES string of the molecule is CCCOCc1cccc(CC(O)C=C[C@@H]2[C@@H](CC=CCCCC(=O)O)[C@H](Cl)C[C@H]2O)c1. The van der Waals surface area contributed by atoms with Crippen molar-refractivity contribution in [1.82, 2.24) is 0 Å². The summed E-state index contributed by atoms with van der Waals surface area (Å²) < 4.78 is 5.59. The summed E-state index contributed by atoms with van der Waals surface area (Å²) in [5.74, 6) is -0.798. The molecular formula is C26H37ClO5. The lowest BCUT2D eigenvalue weighted by molar-refractivity contribution is -0.137. The van der Waals surface area contributed by atoms with Crippen LogP contribution < -0.4 is 0 Å². The molecule has 32 heavy (non-hydrogen) atoms. The van der Waals surface area contributed by atoms with Gasteiger partial charge in [0.1, 0.15) is 0 Å². The highest BCUT2D eigenvalue weighted by atomic mass is 35.5. The molecule has 0 radical (unpaired) electrons. The van der Waals surface area contributed by atoms with Crippen LogP contribution >= 0.6 is 11.6 Å². The maximum Gasteiger partial charge on any atom is 0.303 e. The Kier molecular flexibility index (Phi) is 12.0. The minimum absolute atomic E-state index is 0.0879. The van der Waals surface area contributed by atoms with Crippen molar-refractivity contribution in [2.45, 2.75) is 76.1 Å². The second-order valence-electron chi connectivity index (χ2n) is 8.58. The number of allylic oxidation sites excluding steroid dienone is 2. The predicted octanol–water partition coefficient (Wildman–Crippen LogP) is 4.88. The summed E-state index contributed by atoms with van der Waals surface area (Å²) in [5, 5.41) is 29.6. The van der Waals surface area contributed by atoms with Crippen LogP contribution in [-0.4, -0.2) is 45.5 Å². The summed E-state index contributed by atoms with van der Waals surface area (Å²) in [4.78, 5) is 10.6. The summed E-state index contributed by atoms with van der Waals surface area (Å²) in [5.41, 5.74) is 2.14. The molecule has 0 aromatic heterocycles. The molecule has 0 saturated heterocycles. The van der Waals surface area contributed by atoms with E-state index in [1.165, 1.54) is 0 Å². The number of aliphatic carboxylic acids is 1. The van der Waals surface area contributed by atoms with Gasteiger partial charge in [-0.15, -0.1) is 11.6 Å². The fourth-order valence-corrected chi connectivity index (χ4v) is 4.61. The minimum atomic E-state index is -0.779. The highest BCUT2D eigenvalue weighted by molar-refractivity contribution is 6.21. The smallest absolute Gasteiger partial charge is 0.303 e. The quantitative estimate of drug-likeness (QED) is 0.207. The first-order valence-electron chi connectivity index (χ1n) is 11.6. The van der Waals surface area contributed by atoms with Crippen molar-refractivity contribution in [2.75, 3.05) is 6.61 Å². The molecular weight excluding hydrogens is 428 g/mol. The highest BCUT2D eigenvalue weighted by Gasteiger charge is 2.39. The molecule has 3 N–H and O–H groups in total. The Bertz CT molecular complexity index is 747. The molecule has 1 saturated carbocycles. The van der Waals surface area contributed by atoms with Gasteiger partial charge in [-0.25, -0.2) is 0 Å². The van der Waals surface area contributed by atoms with Crippen LogP contribution in [0.1, 0.15) is 56.6 Å². The third-order valence-corrected chi connectivity index (χ3v) is 6.32. The van der Waals surface area contributed by atoms with E-state index in [1.807, 2.05) is 36.4 Å².